The highest BCUT2D eigenvalue weighted by molar-refractivity contribution is 7.00. The normalized spacial score (nSPS) is 12.6. The summed E-state index contributed by atoms with van der Waals surface area (Å²) in [7, 11) is 0. The fourth-order valence-electron chi connectivity index (χ4n) is 1.91. The molecule has 0 aromatic heterocycles. The Balaban J connectivity index is 2.28. The molecule has 0 saturated carbocycles. The molecule has 0 fully saturated rings. The molecular formula is C18H18Cl2N2. The van der Waals surface area contributed by atoms with Crippen molar-refractivity contribution in [3.8, 4) is 0 Å². The predicted octanol–water partition coefficient (Wildman–Crippen LogP) is 6.16. The SMILES string of the molecule is Cc1ccc(N=C(Cl)C(Cl)=Nc2ccc(C)c(C)c2)cc1C. The van der Waals surface area contributed by atoms with Gasteiger partial charge in [0.1, 0.15) is 0 Å². The number of hydrogen-bond donors (Lipinski definition) is 0. The van der Waals surface area contributed by atoms with E-state index in [9.17, 15) is 0 Å². The highest BCUT2D eigenvalue weighted by Crippen LogP contribution is 2.21. The maximum atomic E-state index is 6.17. The molecule has 0 unspecified atom stereocenters. The average molecular weight is 333 g/mol. The molecule has 0 aliphatic heterocycles. The predicted molar refractivity (Wildman–Crippen MR) is 97.7 cm³/mol. The second kappa shape index (κ2) is 7.08. The van der Waals surface area contributed by atoms with Crippen LogP contribution in [0.2, 0.25) is 0 Å². The summed E-state index contributed by atoms with van der Waals surface area (Å²) >= 11 is 12.3. The Kier molecular flexibility index (Phi) is 5.38. The van der Waals surface area contributed by atoms with E-state index in [0.29, 0.717) is 0 Å². The van der Waals surface area contributed by atoms with Gasteiger partial charge in [0.25, 0.3) is 0 Å². The first kappa shape index (κ1) is 16.7. The highest BCUT2D eigenvalue weighted by Gasteiger charge is 2.05. The van der Waals surface area contributed by atoms with Crippen LogP contribution in [0.15, 0.2) is 46.4 Å². The molecule has 0 aliphatic carbocycles. The summed E-state index contributed by atoms with van der Waals surface area (Å²) in [5, 5.41) is 0.367. The van der Waals surface area contributed by atoms with E-state index < -0.39 is 0 Å². The summed E-state index contributed by atoms with van der Waals surface area (Å²) in [5.41, 5.74) is 6.28. The molecule has 0 aliphatic rings. The van der Waals surface area contributed by atoms with Gasteiger partial charge in [0.05, 0.1) is 11.4 Å². The van der Waals surface area contributed by atoms with Gasteiger partial charge in [-0.2, -0.15) is 0 Å². The van der Waals surface area contributed by atoms with Crippen molar-refractivity contribution in [2.45, 2.75) is 27.7 Å². The van der Waals surface area contributed by atoms with Crippen LogP contribution >= 0.6 is 23.2 Å². The third-order valence-corrected chi connectivity index (χ3v) is 4.23. The third kappa shape index (κ3) is 4.19. The molecule has 0 amide bonds. The number of rotatable bonds is 3. The van der Waals surface area contributed by atoms with Gasteiger partial charge in [-0.3, -0.25) is 0 Å². The molecule has 4 heteroatoms. The van der Waals surface area contributed by atoms with E-state index in [4.69, 9.17) is 23.2 Å². The number of nitrogens with zero attached hydrogens (tertiary/aromatic N) is 2. The fourth-order valence-corrected chi connectivity index (χ4v) is 2.19. The molecule has 0 radical (unpaired) electrons. The van der Waals surface area contributed by atoms with Gasteiger partial charge in [-0.1, -0.05) is 35.3 Å². The highest BCUT2D eigenvalue weighted by atomic mass is 35.5. The second-order valence-corrected chi connectivity index (χ2v) is 6.06. The molecule has 2 nitrogen and oxygen atoms in total. The van der Waals surface area contributed by atoms with Crippen molar-refractivity contribution in [2.24, 2.45) is 9.98 Å². The zero-order valence-corrected chi connectivity index (χ0v) is 14.6. The lowest BCUT2D eigenvalue weighted by molar-refractivity contribution is 1.32. The lowest BCUT2D eigenvalue weighted by Crippen LogP contribution is -1.98. The molecule has 114 valence electrons. The van der Waals surface area contributed by atoms with Crippen molar-refractivity contribution in [2.75, 3.05) is 0 Å². The van der Waals surface area contributed by atoms with Gasteiger partial charge in [-0.15, -0.1) is 0 Å². The average Bonchev–Trinajstić information content (AvgIpc) is 2.46. The second-order valence-electron chi connectivity index (χ2n) is 5.34. The molecule has 0 saturated heterocycles. The van der Waals surface area contributed by atoms with Crippen LogP contribution in [0.4, 0.5) is 11.4 Å². The van der Waals surface area contributed by atoms with Crippen molar-refractivity contribution >= 4 is 44.9 Å². The van der Waals surface area contributed by atoms with Crippen LogP contribution in [0.5, 0.6) is 0 Å². The van der Waals surface area contributed by atoms with Gasteiger partial charge >= 0.3 is 0 Å². The summed E-state index contributed by atoms with van der Waals surface area (Å²) < 4.78 is 0. The third-order valence-electron chi connectivity index (χ3n) is 3.61. The molecule has 0 atom stereocenters. The van der Waals surface area contributed by atoms with E-state index >= 15 is 0 Å². The largest absolute Gasteiger partial charge is 0.233 e. The molecule has 2 rings (SSSR count). The molecule has 2 aromatic carbocycles. The molecule has 2 aromatic rings. The fraction of sp³-hybridized carbons (Fsp3) is 0.222. The first-order valence-corrected chi connectivity index (χ1v) is 7.75. The van der Waals surface area contributed by atoms with Crippen LogP contribution in [0.1, 0.15) is 22.3 Å². The van der Waals surface area contributed by atoms with Gasteiger partial charge < -0.3 is 0 Å². The van der Waals surface area contributed by atoms with Gasteiger partial charge in [-0.25, -0.2) is 9.98 Å². The molecule has 0 N–H and O–H groups in total. The number of benzene rings is 2. The van der Waals surface area contributed by atoms with Gasteiger partial charge in [-0.05, 0) is 74.2 Å². The van der Waals surface area contributed by atoms with Crippen molar-refractivity contribution in [1.29, 1.82) is 0 Å². The van der Waals surface area contributed by atoms with E-state index in [-0.39, 0.29) is 10.3 Å². The van der Waals surface area contributed by atoms with E-state index in [0.717, 1.165) is 22.5 Å². The molecule has 0 bridgehead atoms. The van der Waals surface area contributed by atoms with E-state index in [1.54, 1.807) is 0 Å². The molecule has 22 heavy (non-hydrogen) atoms. The maximum absolute atomic E-state index is 6.17. The van der Waals surface area contributed by atoms with Crippen molar-refractivity contribution in [3.63, 3.8) is 0 Å². The maximum Gasteiger partial charge on any atom is 0.166 e. The summed E-state index contributed by atoms with van der Waals surface area (Å²) in [6, 6.07) is 11.8. The minimum absolute atomic E-state index is 0.183. The van der Waals surface area contributed by atoms with Gasteiger partial charge in [0.15, 0.2) is 10.3 Å². The van der Waals surface area contributed by atoms with Crippen LogP contribution in [0.25, 0.3) is 0 Å². The van der Waals surface area contributed by atoms with Crippen molar-refractivity contribution < 1.29 is 0 Å². The van der Waals surface area contributed by atoms with Gasteiger partial charge in [0.2, 0.25) is 0 Å². The lowest BCUT2D eigenvalue weighted by Gasteiger charge is -2.03. The van der Waals surface area contributed by atoms with Crippen molar-refractivity contribution in [3.05, 3.63) is 58.7 Å². The lowest BCUT2D eigenvalue weighted by atomic mass is 10.1. The summed E-state index contributed by atoms with van der Waals surface area (Å²) in [4.78, 5) is 8.63. The van der Waals surface area contributed by atoms with Crippen LogP contribution in [0.3, 0.4) is 0 Å². The number of hydrogen-bond acceptors (Lipinski definition) is 2. The Morgan fingerprint density at radius 1 is 0.636 bits per heavy atom. The molecule has 0 spiro atoms. The first-order chi connectivity index (χ1) is 10.4. The number of aryl methyl sites for hydroxylation is 4. The number of halogens is 2. The minimum atomic E-state index is 0.183. The standard InChI is InChI=1S/C18H18Cl2N2/c1-11-5-7-15(9-13(11)3)21-17(19)18(20)22-16-8-6-12(2)14(4)10-16/h5-10H,1-4H3. The van der Waals surface area contributed by atoms with Crippen LogP contribution < -0.4 is 0 Å². The van der Waals surface area contributed by atoms with E-state index in [1.165, 1.54) is 11.1 Å². The Morgan fingerprint density at radius 3 is 1.32 bits per heavy atom. The smallest absolute Gasteiger partial charge is 0.166 e. The first-order valence-electron chi connectivity index (χ1n) is 7.00. The summed E-state index contributed by atoms with van der Waals surface area (Å²) in [6.07, 6.45) is 0. The number of aliphatic imine (C=N–C) groups is 2. The summed E-state index contributed by atoms with van der Waals surface area (Å²) in [6.45, 7) is 8.18. The van der Waals surface area contributed by atoms with Crippen LogP contribution in [0, 0.1) is 27.7 Å². The Morgan fingerprint density at radius 2 is 1.00 bits per heavy atom. The Bertz CT molecular complexity index is 696. The monoisotopic (exact) mass is 332 g/mol. The Labute approximate surface area is 141 Å². The summed E-state index contributed by atoms with van der Waals surface area (Å²) in [5.74, 6) is 0. The van der Waals surface area contributed by atoms with E-state index in [1.807, 2.05) is 50.2 Å². The molecular weight excluding hydrogens is 315 g/mol. The minimum Gasteiger partial charge on any atom is -0.233 e. The zero-order valence-electron chi connectivity index (χ0n) is 13.1. The quantitative estimate of drug-likeness (QED) is 0.601. The Hall–Kier alpha value is -1.64. The van der Waals surface area contributed by atoms with Crippen molar-refractivity contribution in [1.82, 2.24) is 0 Å². The zero-order chi connectivity index (χ0) is 16.3. The van der Waals surface area contributed by atoms with Crippen LogP contribution in [-0.4, -0.2) is 10.3 Å². The van der Waals surface area contributed by atoms with E-state index in [2.05, 4.69) is 23.8 Å². The molecule has 0 heterocycles. The topological polar surface area (TPSA) is 24.7 Å². The van der Waals surface area contributed by atoms with Crippen LogP contribution in [-0.2, 0) is 0 Å². The van der Waals surface area contributed by atoms with Gasteiger partial charge in [0, 0.05) is 0 Å².